The van der Waals surface area contributed by atoms with Crippen LogP contribution in [0.4, 0.5) is 10.1 Å². The summed E-state index contributed by atoms with van der Waals surface area (Å²) in [6.07, 6.45) is 4.80. The van der Waals surface area contributed by atoms with Crippen LogP contribution in [0.3, 0.4) is 0 Å². The number of halogens is 1. The molecule has 2 atom stereocenters. The number of amides is 1. The molecule has 3 heterocycles. The maximum absolute atomic E-state index is 13.5. The zero-order valence-electron chi connectivity index (χ0n) is 21.2. The highest BCUT2D eigenvalue weighted by Crippen LogP contribution is 2.45. The van der Waals surface area contributed by atoms with Crippen molar-refractivity contribution in [3.8, 4) is 5.75 Å². The summed E-state index contributed by atoms with van der Waals surface area (Å²) in [5.41, 5.74) is 1.82. The SMILES string of the molecule is CC1CCC(C)N1CCN(c1c2c(c(O)c3ncccc13)C(=O)N(Cc1ccc(F)cc1)C2)S(C)(=O)=O. The number of phenols is 1. The van der Waals surface area contributed by atoms with E-state index >= 15 is 0 Å². The van der Waals surface area contributed by atoms with Crippen molar-refractivity contribution < 1.29 is 22.7 Å². The third kappa shape index (κ3) is 4.64. The van der Waals surface area contributed by atoms with Crippen LogP contribution in [-0.2, 0) is 23.1 Å². The largest absolute Gasteiger partial charge is 0.505 e. The summed E-state index contributed by atoms with van der Waals surface area (Å²) in [6, 6.07) is 9.99. The number of hydrogen-bond acceptors (Lipinski definition) is 6. The van der Waals surface area contributed by atoms with Crippen molar-refractivity contribution in [2.75, 3.05) is 23.7 Å². The Morgan fingerprint density at radius 3 is 2.46 bits per heavy atom. The van der Waals surface area contributed by atoms with Gasteiger partial charge in [-0.05, 0) is 56.5 Å². The number of fused-ring (bicyclic) bond motifs is 2. The molecule has 2 aliphatic rings. The molecule has 1 fully saturated rings. The van der Waals surface area contributed by atoms with E-state index in [1.54, 1.807) is 24.3 Å². The van der Waals surface area contributed by atoms with E-state index in [0.29, 0.717) is 35.3 Å². The molecule has 1 N–H and O–H groups in total. The first-order valence-electron chi connectivity index (χ1n) is 12.5. The Labute approximate surface area is 216 Å². The Bertz CT molecular complexity index is 1450. The van der Waals surface area contributed by atoms with Crippen LogP contribution in [-0.4, -0.2) is 65.6 Å². The second-order valence-corrected chi connectivity index (χ2v) is 12.0. The van der Waals surface area contributed by atoms with Crippen LogP contribution in [0.25, 0.3) is 10.9 Å². The van der Waals surface area contributed by atoms with E-state index in [2.05, 4.69) is 23.7 Å². The van der Waals surface area contributed by atoms with Crippen molar-refractivity contribution in [1.82, 2.24) is 14.8 Å². The number of carbonyl (C=O) groups excluding carboxylic acids is 1. The van der Waals surface area contributed by atoms with Gasteiger partial charge in [-0.1, -0.05) is 12.1 Å². The van der Waals surface area contributed by atoms with Gasteiger partial charge in [-0.3, -0.25) is 19.0 Å². The molecule has 37 heavy (non-hydrogen) atoms. The first-order valence-corrected chi connectivity index (χ1v) is 14.3. The normalized spacial score (nSPS) is 20.1. The van der Waals surface area contributed by atoms with Crippen LogP contribution in [0, 0.1) is 5.82 Å². The zero-order chi connectivity index (χ0) is 26.5. The zero-order valence-corrected chi connectivity index (χ0v) is 22.0. The third-order valence-electron chi connectivity index (χ3n) is 7.59. The molecule has 0 radical (unpaired) electrons. The minimum absolute atomic E-state index is 0.0693. The Hall–Kier alpha value is -3.24. The molecule has 10 heteroatoms. The van der Waals surface area contributed by atoms with E-state index in [1.165, 1.54) is 33.8 Å². The molecule has 2 aromatic carbocycles. The van der Waals surface area contributed by atoms with Gasteiger partial charge in [0.15, 0.2) is 5.75 Å². The summed E-state index contributed by atoms with van der Waals surface area (Å²) >= 11 is 0. The van der Waals surface area contributed by atoms with Gasteiger partial charge in [0.05, 0.1) is 17.5 Å². The smallest absolute Gasteiger partial charge is 0.258 e. The van der Waals surface area contributed by atoms with Gasteiger partial charge in [0, 0.05) is 55.4 Å². The van der Waals surface area contributed by atoms with E-state index in [9.17, 15) is 22.7 Å². The number of sulfonamides is 1. The van der Waals surface area contributed by atoms with Gasteiger partial charge < -0.3 is 10.0 Å². The molecule has 0 aliphatic carbocycles. The summed E-state index contributed by atoms with van der Waals surface area (Å²) in [7, 11) is -3.74. The molecule has 1 saturated heterocycles. The number of aromatic nitrogens is 1. The van der Waals surface area contributed by atoms with Crippen molar-refractivity contribution in [2.45, 2.75) is 51.9 Å². The van der Waals surface area contributed by atoms with Crippen molar-refractivity contribution in [3.63, 3.8) is 0 Å². The number of carbonyl (C=O) groups is 1. The summed E-state index contributed by atoms with van der Waals surface area (Å²) in [6.45, 7) is 5.36. The standard InChI is InChI=1S/C27H31FN4O4S/c1-17-6-7-18(2)31(17)13-14-32(37(3,35)36)25-21-5-4-12-29-24(21)26(33)23-22(25)16-30(27(23)34)15-19-8-10-20(28)11-9-19/h4-5,8-12,17-18,33H,6-7,13-16H2,1-3H3. The van der Waals surface area contributed by atoms with Crippen LogP contribution >= 0.6 is 0 Å². The topological polar surface area (TPSA) is 94.1 Å². The molecule has 1 amide bonds. The van der Waals surface area contributed by atoms with Gasteiger partial charge >= 0.3 is 0 Å². The predicted molar refractivity (Wildman–Crippen MR) is 140 cm³/mol. The van der Waals surface area contributed by atoms with Crippen molar-refractivity contribution in [3.05, 3.63) is 65.1 Å². The highest BCUT2D eigenvalue weighted by Gasteiger charge is 2.38. The second kappa shape index (κ2) is 9.57. The number of hydrogen-bond donors (Lipinski definition) is 1. The van der Waals surface area contributed by atoms with Gasteiger partial charge in [-0.15, -0.1) is 0 Å². The second-order valence-electron chi connectivity index (χ2n) is 10.1. The maximum Gasteiger partial charge on any atom is 0.258 e. The van der Waals surface area contributed by atoms with Crippen LogP contribution in [0.5, 0.6) is 5.75 Å². The van der Waals surface area contributed by atoms with Crippen LogP contribution < -0.4 is 4.31 Å². The van der Waals surface area contributed by atoms with E-state index in [1.807, 2.05) is 0 Å². The molecule has 1 aromatic heterocycles. The van der Waals surface area contributed by atoms with Crippen molar-refractivity contribution >= 4 is 32.5 Å². The first-order chi connectivity index (χ1) is 17.6. The van der Waals surface area contributed by atoms with E-state index in [0.717, 1.165) is 18.4 Å². The predicted octanol–water partition coefficient (Wildman–Crippen LogP) is 3.87. The van der Waals surface area contributed by atoms with Crippen LogP contribution in [0.1, 0.15) is 48.2 Å². The van der Waals surface area contributed by atoms with Gasteiger partial charge in [-0.25, -0.2) is 12.8 Å². The lowest BCUT2D eigenvalue weighted by molar-refractivity contribution is 0.0764. The fourth-order valence-electron chi connectivity index (χ4n) is 5.69. The van der Waals surface area contributed by atoms with Gasteiger partial charge in [0.1, 0.15) is 11.3 Å². The average Bonchev–Trinajstić information content (AvgIpc) is 3.35. The molecular formula is C27H31FN4O4S. The van der Waals surface area contributed by atoms with Crippen molar-refractivity contribution in [2.24, 2.45) is 0 Å². The van der Waals surface area contributed by atoms with Crippen molar-refractivity contribution in [1.29, 1.82) is 0 Å². The quantitative estimate of drug-likeness (QED) is 0.502. The first kappa shape index (κ1) is 25.4. The molecule has 8 nitrogen and oxygen atoms in total. The Morgan fingerprint density at radius 2 is 1.81 bits per heavy atom. The number of nitrogens with zero attached hydrogens (tertiary/aromatic N) is 4. The number of phenolic OH excluding ortho intramolecular Hbond substituents is 1. The highest BCUT2D eigenvalue weighted by molar-refractivity contribution is 7.92. The monoisotopic (exact) mass is 526 g/mol. The lowest BCUT2D eigenvalue weighted by atomic mass is 10.0. The molecule has 2 unspecified atom stereocenters. The fraction of sp³-hybridized carbons (Fsp3) is 0.407. The van der Waals surface area contributed by atoms with Gasteiger partial charge in [0.25, 0.3) is 5.91 Å². The number of likely N-dealkylation sites (tertiary alicyclic amines) is 1. The molecule has 196 valence electrons. The summed E-state index contributed by atoms with van der Waals surface area (Å²) in [5.74, 6) is -1.04. The lowest BCUT2D eigenvalue weighted by Gasteiger charge is -2.31. The van der Waals surface area contributed by atoms with E-state index in [4.69, 9.17) is 0 Å². The molecule has 3 aromatic rings. The number of pyridine rings is 1. The Morgan fingerprint density at radius 1 is 1.14 bits per heavy atom. The minimum atomic E-state index is -3.74. The Balaban J connectivity index is 1.60. The molecule has 0 bridgehead atoms. The molecule has 0 saturated carbocycles. The van der Waals surface area contributed by atoms with Crippen LogP contribution in [0.2, 0.25) is 0 Å². The molecular weight excluding hydrogens is 495 g/mol. The van der Waals surface area contributed by atoms with Gasteiger partial charge in [0.2, 0.25) is 10.0 Å². The van der Waals surface area contributed by atoms with Gasteiger partial charge in [-0.2, -0.15) is 0 Å². The number of anilines is 1. The van der Waals surface area contributed by atoms with Crippen LogP contribution in [0.15, 0.2) is 42.6 Å². The highest BCUT2D eigenvalue weighted by atomic mass is 32.2. The number of benzene rings is 2. The maximum atomic E-state index is 13.5. The van der Waals surface area contributed by atoms with E-state index in [-0.39, 0.29) is 42.3 Å². The summed E-state index contributed by atoms with van der Waals surface area (Å²) in [5, 5.41) is 11.6. The number of aromatic hydroxyl groups is 1. The molecule has 5 rings (SSSR count). The molecule has 0 spiro atoms. The minimum Gasteiger partial charge on any atom is -0.505 e. The summed E-state index contributed by atoms with van der Waals surface area (Å²) < 4.78 is 41.2. The molecule has 2 aliphatic heterocycles. The average molecular weight is 527 g/mol. The lowest BCUT2D eigenvalue weighted by Crippen LogP contribution is -2.42. The van der Waals surface area contributed by atoms with E-state index < -0.39 is 15.9 Å². The fourth-order valence-corrected chi connectivity index (χ4v) is 6.65. The summed E-state index contributed by atoms with van der Waals surface area (Å²) in [4.78, 5) is 21.6. The Kier molecular flexibility index (Phi) is 6.57. The third-order valence-corrected chi connectivity index (χ3v) is 8.76. The number of rotatable bonds is 7.